The average molecular weight is 302 g/mol. The molecule has 0 aromatic carbocycles. The molecule has 2 saturated heterocycles. The largest absolute Gasteiger partial charge is 0.291 e. The van der Waals surface area contributed by atoms with Crippen LogP contribution in [0.1, 0.15) is 44.0 Å². The highest BCUT2D eigenvalue weighted by molar-refractivity contribution is 6.31. The molecule has 2 aliphatic rings. The number of hydrogen-bond donors (Lipinski definition) is 0. The standard InChI is InChI=1S/C14H21Cl2N3/c1-3-19-13(14(16)9(2)17-19)8-18-11-4-5-12(18)7-10(15)6-11/h10-12H,3-8H2,1-2H3. The van der Waals surface area contributed by atoms with Crippen LogP contribution in [0.5, 0.6) is 0 Å². The maximum absolute atomic E-state index is 6.42. The van der Waals surface area contributed by atoms with Crippen molar-refractivity contribution in [2.45, 2.75) is 70.1 Å². The van der Waals surface area contributed by atoms with Gasteiger partial charge in [-0.1, -0.05) is 11.6 Å². The van der Waals surface area contributed by atoms with Crippen LogP contribution < -0.4 is 0 Å². The van der Waals surface area contributed by atoms with E-state index < -0.39 is 0 Å². The number of aromatic nitrogens is 2. The first-order valence-corrected chi connectivity index (χ1v) is 8.03. The van der Waals surface area contributed by atoms with Gasteiger partial charge in [0.05, 0.1) is 16.4 Å². The number of fused-ring (bicyclic) bond motifs is 2. The fourth-order valence-electron chi connectivity index (χ4n) is 3.66. The van der Waals surface area contributed by atoms with Gasteiger partial charge < -0.3 is 0 Å². The molecule has 2 atom stereocenters. The Morgan fingerprint density at radius 3 is 2.47 bits per heavy atom. The van der Waals surface area contributed by atoms with Gasteiger partial charge in [-0.25, -0.2) is 0 Å². The van der Waals surface area contributed by atoms with Crippen molar-refractivity contribution >= 4 is 23.2 Å². The molecule has 2 bridgehead atoms. The van der Waals surface area contributed by atoms with Crippen molar-refractivity contribution in [2.24, 2.45) is 0 Å². The lowest BCUT2D eigenvalue weighted by Crippen LogP contribution is -2.43. The summed E-state index contributed by atoms with van der Waals surface area (Å²) in [6.07, 6.45) is 4.80. The van der Waals surface area contributed by atoms with Gasteiger partial charge in [-0.3, -0.25) is 9.58 Å². The zero-order valence-corrected chi connectivity index (χ0v) is 13.1. The fraction of sp³-hybridized carbons (Fsp3) is 0.786. The summed E-state index contributed by atoms with van der Waals surface area (Å²) in [6, 6.07) is 1.27. The number of halogens is 2. The summed E-state index contributed by atoms with van der Waals surface area (Å²) in [7, 11) is 0. The second kappa shape index (κ2) is 5.27. The van der Waals surface area contributed by atoms with Crippen LogP contribution in [0, 0.1) is 6.92 Å². The third kappa shape index (κ3) is 2.41. The zero-order valence-electron chi connectivity index (χ0n) is 11.6. The molecule has 0 aliphatic carbocycles. The van der Waals surface area contributed by atoms with Crippen molar-refractivity contribution < 1.29 is 0 Å². The monoisotopic (exact) mass is 301 g/mol. The maximum atomic E-state index is 6.42. The molecule has 2 fully saturated rings. The number of rotatable bonds is 3. The molecule has 2 unspecified atom stereocenters. The molecule has 19 heavy (non-hydrogen) atoms. The van der Waals surface area contributed by atoms with E-state index in [1.807, 2.05) is 11.6 Å². The van der Waals surface area contributed by atoms with E-state index in [2.05, 4.69) is 16.9 Å². The third-order valence-corrected chi connectivity index (χ3v) is 5.46. The summed E-state index contributed by atoms with van der Waals surface area (Å²) in [5.74, 6) is 0. The predicted molar refractivity (Wildman–Crippen MR) is 78.9 cm³/mol. The molecular formula is C14H21Cl2N3. The summed E-state index contributed by atoms with van der Waals surface area (Å²) in [4.78, 5) is 2.60. The fourth-order valence-corrected chi connectivity index (χ4v) is 4.27. The number of piperidine rings is 1. The molecule has 3 rings (SSSR count). The maximum Gasteiger partial charge on any atom is 0.0860 e. The summed E-state index contributed by atoms with van der Waals surface area (Å²) in [6.45, 7) is 5.90. The van der Waals surface area contributed by atoms with Crippen LogP contribution in [-0.4, -0.2) is 32.1 Å². The first kappa shape index (κ1) is 13.7. The van der Waals surface area contributed by atoms with E-state index in [9.17, 15) is 0 Å². The van der Waals surface area contributed by atoms with Crippen LogP contribution in [0.4, 0.5) is 0 Å². The summed E-state index contributed by atoms with van der Waals surface area (Å²) in [5, 5.41) is 5.72. The highest BCUT2D eigenvalue weighted by Gasteiger charge is 2.40. The van der Waals surface area contributed by atoms with Crippen LogP contribution >= 0.6 is 23.2 Å². The average Bonchev–Trinajstić information content (AvgIpc) is 2.78. The Hall–Kier alpha value is -0.250. The number of alkyl halides is 1. The van der Waals surface area contributed by atoms with Gasteiger partial charge in [-0.05, 0) is 39.5 Å². The van der Waals surface area contributed by atoms with E-state index in [0.717, 1.165) is 36.6 Å². The second-order valence-electron chi connectivity index (χ2n) is 5.79. The van der Waals surface area contributed by atoms with Crippen LogP contribution in [0.25, 0.3) is 0 Å². The Bertz CT molecular complexity index is 458. The predicted octanol–water partition coefficient (Wildman–Crippen LogP) is 3.60. The SMILES string of the molecule is CCn1nc(C)c(Cl)c1CN1C2CCC1CC(Cl)C2. The first-order valence-electron chi connectivity index (χ1n) is 7.21. The molecular weight excluding hydrogens is 281 g/mol. The molecule has 5 heteroatoms. The van der Waals surface area contributed by atoms with Gasteiger partial charge in [0.2, 0.25) is 0 Å². The highest BCUT2D eigenvalue weighted by atomic mass is 35.5. The number of hydrogen-bond acceptors (Lipinski definition) is 2. The molecule has 2 aliphatic heterocycles. The molecule has 1 aromatic rings. The van der Waals surface area contributed by atoms with Gasteiger partial charge in [0, 0.05) is 30.6 Å². The van der Waals surface area contributed by atoms with Crippen LogP contribution in [0.3, 0.4) is 0 Å². The molecule has 1 aromatic heterocycles. The minimum Gasteiger partial charge on any atom is -0.291 e. The minimum atomic E-state index is 0.363. The molecule has 106 valence electrons. The molecule has 3 heterocycles. The number of aryl methyl sites for hydroxylation is 2. The lowest BCUT2D eigenvalue weighted by atomic mass is 10.0. The van der Waals surface area contributed by atoms with Crippen molar-refractivity contribution in [2.75, 3.05) is 0 Å². The van der Waals surface area contributed by atoms with E-state index in [1.54, 1.807) is 0 Å². The molecule has 0 N–H and O–H groups in total. The van der Waals surface area contributed by atoms with Gasteiger partial charge in [0.25, 0.3) is 0 Å². The van der Waals surface area contributed by atoms with Crippen LogP contribution in [0.15, 0.2) is 0 Å². The van der Waals surface area contributed by atoms with Crippen LogP contribution in [0.2, 0.25) is 5.02 Å². The van der Waals surface area contributed by atoms with Gasteiger partial charge in [-0.2, -0.15) is 5.10 Å². The molecule has 3 nitrogen and oxygen atoms in total. The van der Waals surface area contributed by atoms with E-state index in [4.69, 9.17) is 23.2 Å². The van der Waals surface area contributed by atoms with E-state index in [1.165, 1.54) is 18.5 Å². The Morgan fingerprint density at radius 2 is 1.89 bits per heavy atom. The summed E-state index contributed by atoms with van der Waals surface area (Å²) < 4.78 is 2.05. The van der Waals surface area contributed by atoms with Crippen molar-refractivity contribution in [3.8, 4) is 0 Å². The van der Waals surface area contributed by atoms with E-state index in [0.29, 0.717) is 17.5 Å². The Labute approximate surface area is 124 Å². The minimum absolute atomic E-state index is 0.363. The lowest BCUT2D eigenvalue weighted by molar-refractivity contribution is 0.130. The van der Waals surface area contributed by atoms with Crippen molar-refractivity contribution in [1.29, 1.82) is 0 Å². The third-order valence-electron chi connectivity index (χ3n) is 4.61. The second-order valence-corrected chi connectivity index (χ2v) is 6.78. The van der Waals surface area contributed by atoms with Crippen molar-refractivity contribution in [3.63, 3.8) is 0 Å². The molecule has 0 amide bonds. The van der Waals surface area contributed by atoms with Crippen LogP contribution in [-0.2, 0) is 13.1 Å². The van der Waals surface area contributed by atoms with Gasteiger partial charge in [0.1, 0.15) is 0 Å². The van der Waals surface area contributed by atoms with E-state index >= 15 is 0 Å². The molecule has 0 spiro atoms. The Balaban J connectivity index is 1.82. The van der Waals surface area contributed by atoms with Gasteiger partial charge >= 0.3 is 0 Å². The lowest BCUT2D eigenvalue weighted by Gasteiger charge is -2.37. The quantitative estimate of drug-likeness (QED) is 0.796. The highest BCUT2D eigenvalue weighted by Crippen LogP contribution is 2.39. The topological polar surface area (TPSA) is 21.1 Å². The first-order chi connectivity index (χ1) is 9.10. The van der Waals surface area contributed by atoms with E-state index in [-0.39, 0.29) is 0 Å². The molecule has 0 saturated carbocycles. The smallest absolute Gasteiger partial charge is 0.0860 e. The summed E-state index contributed by atoms with van der Waals surface area (Å²) in [5.41, 5.74) is 2.12. The van der Waals surface area contributed by atoms with Crippen molar-refractivity contribution in [1.82, 2.24) is 14.7 Å². The molecule has 0 radical (unpaired) electrons. The van der Waals surface area contributed by atoms with Gasteiger partial charge in [-0.15, -0.1) is 11.6 Å². The summed E-state index contributed by atoms with van der Waals surface area (Å²) >= 11 is 12.8. The van der Waals surface area contributed by atoms with Gasteiger partial charge in [0.15, 0.2) is 0 Å². The zero-order chi connectivity index (χ0) is 13.6. The van der Waals surface area contributed by atoms with Crippen molar-refractivity contribution in [3.05, 3.63) is 16.4 Å². The number of nitrogens with zero attached hydrogens (tertiary/aromatic N) is 3. The normalized spacial score (nSPS) is 31.1. The Kier molecular flexibility index (Phi) is 3.80. The Morgan fingerprint density at radius 1 is 1.26 bits per heavy atom.